The monoisotopic (exact) mass is 488 g/mol. The molecule has 6 aromatic rings. The Kier molecular flexibility index (Phi) is 4.58. The summed E-state index contributed by atoms with van der Waals surface area (Å²) >= 11 is 6.08. The van der Waals surface area contributed by atoms with Crippen LogP contribution in [0.25, 0.3) is 54.9 Å². The highest BCUT2D eigenvalue weighted by molar-refractivity contribution is 6.30. The first kappa shape index (κ1) is 21.3. The van der Waals surface area contributed by atoms with Crippen molar-refractivity contribution >= 4 is 33.1 Å². The number of benzene rings is 6. The van der Waals surface area contributed by atoms with Crippen molar-refractivity contribution in [2.24, 2.45) is 0 Å². The second-order valence-electron chi connectivity index (χ2n) is 9.23. The van der Waals surface area contributed by atoms with Gasteiger partial charge in [-0.15, -0.1) is 0 Å². The van der Waals surface area contributed by atoms with Crippen LogP contribution in [-0.4, -0.2) is 0 Å². The van der Waals surface area contributed by atoms with Gasteiger partial charge < -0.3 is 0 Å². The summed E-state index contributed by atoms with van der Waals surface area (Å²) in [6, 6.07) is 37.0. The van der Waals surface area contributed by atoms with Crippen LogP contribution in [0.2, 0.25) is 5.02 Å². The zero-order chi connectivity index (χ0) is 24.4. The summed E-state index contributed by atoms with van der Waals surface area (Å²) in [7, 11) is 0. The van der Waals surface area contributed by atoms with Gasteiger partial charge in [-0.3, -0.25) is 0 Å². The van der Waals surface area contributed by atoms with Crippen LogP contribution in [0.3, 0.4) is 0 Å². The van der Waals surface area contributed by atoms with Gasteiger partial charge in [0.05, 0.1) is 0 Å². The molecule has 1 aliphatic rings. The van der Waals surface area contributed by atoms with E-state index in [-0.39, 0.29) is 11.1 Å². The second kappa shape index (κ2) is 7.74. The van der Waals surface area contributed by atoms with Crippen LogP contribution < -0.4 is 0 Å². The maximum absolute atomic E-state index is 15.7. The SMILES string of the molecule is FC1(F)c2cc(Cl)ccc2-c2ccc(-c3c4ccccc4c(-c4ccccc4)c4ccccc34)cc21. The second-order valence-corrected chi connectivity index (χ2v) is 9.67. The molecule has 36 heavy (non-hydrogen) atoms. The number of rotatable bonds is 2. The first-order chi connectivity index (χ1) is 17.5. The lowest BCUT2D eigenvalue weighted by Gasteiger charge is -2.19. The maximum Gasteiger partial charge on any atom is 0.299 e. The van der Waals surface area contributed by atoms with Crippen LogP contribution in [0, 0.1) is 0 Å². The number of halogens is 3. The van der Waals surface area contributed by atoms with Crippen LogP contribution >= 0.6 is 11.6 Å². The Morgan fingerprint density at radius 2 is 0.944 bits per heavy atom. The Balaban J connectivity index is 1.56. The van der Waals surface area contributed by atoms with E-state index in [1.807, 2.05) is 54.6 Å². The molecule has 0 spiro atoms. The first-order valence-corrected chi connectivity index (χ1v) is 12.2. The van der Waals surface area contributed by atoms with Crippen molar-refractivity contribution in [3.63, 3.8) is 0 Å². The van der Waals surface area contributed by atoms with Gasteiger partial charge in [-0.1, -0.05) is 109 Å². The summed E-state index contributed by atoms with van der Waals surface area (Å²) in [5.74, 6) is -3.11. The maximum atomic E-state index is 15.7. The van der Waals surface area contributed by atoms with Crippen LogP contribution in [0.15, 0.2) is 115 Å². The summed E-state index contributed by atoms with van der Waals surface area (Å²) < 4.78 is 31.3. The highest BCUT2D eigenvalue weighted by Gasteiger charge is 2.44. The summed E-state index contributed by atoms with van der Waals surface area (Å²) in [5.41, 5.74) is 5.12. The molecule has 0 atom stereocenters. The molecular weight excluding hydrogens is 470 g/mol. The Labute approximate surface area is 212 Å². The van der Waals surface area contributed by atoms with Crippen LogP contribution in [0.4, 0.5) is 8.78 Å². The lowest BCUT2D eigenvalue weighted by Crippen LogP contribution is -2.11. The van der Waals surface area contributed by atoms with Gasteiger partial charge in [0, 0.05) is 16.1 Å². The van der Waals surface area contributed by atoms with Crippen molar-refractivity contribution in [1.82, 2.24) is 0 Å². The molecule has 0 aromatic heterocycles. The van der Waals surface area contributed by atoms with Gasteiger partial charge in [0.1, 0.15) is 0 Å². The minimum atomic E-state index is -3.11. The average Bonchev–Trinajstić information content (AvgIpc) is 3.13. The van der Waals surface area contributed by atoms with Gasteiger partial charge >= 0.3 is 0 Å². The normalized spacial score (nSPS) is 13.6. The lowest BCUT2D eigenvalue weighted by atomic mass is 9.85. The third kappa shape index (κ3) is 2.98. The number of hydrogen-bond donors (Lipinski definition) is 0. The van der Waals surface area contributed by atoms with Crippen molar-refractivity contribution in [1.29, 1.82) is 0 Å². The number of hydrogen-bond acceptors (Lipinski definition) is 0. The summed E-state index contributed by atoms with van der Waals surface area (Å²) in [6.45, 7) is 0. The fourth-order valence-corrected chi connectivity index (χ4v) is 5.88. The van der Waals surface area contributed by atoms with E-state index >= 15 is 8.78 Å². The third-order valence-corrected chi connectivity index (χ3v) is 7.49. The van der Waals surface area contributed by atoms with E-state index in [9.17, 15) is 0 Å². The third-order valence-electron chi connectivity index (χ3n) is 7.25. The molecule has 0 N–H and O–H groups in total. The molecule has 0 bridgehead atoms. The summed E-state index contributed by atoms with van der Waals surface area (Å²) in [4.78, 5) is 0. The van der Waals surface area contributed by atoms with Crippen molar-refractivity contribution in [3.8, 4) is 33.4 Å². The van der Waals surface area contributed by atoms with Gasteiger partial charge in [-0.2, -0.15) is 8.78 Å². The van der Waals surface area contributed by atoms with E-state index in [0.29, 0.717) is 16.1 Å². The molecule has 0 nitrogen and oxygen atoms in total. The van der Waals surface area contributed by atoms with Crippen LogP contribution in [-0.2, 0) is 5.92 Å². The van der Waals surface area contributed by atoms with E-state index < -0.39 is 5.92 Å². The van der Waals surface area contributed by atoms with E-state index in [2.05, 4.69) is 36.4 Å². The Morgan fingerprint density at radius 1 is 0.472 bits per heavy atom. The molecule has 0 heterocycles. The molecule has 6 aromatic carbocycles. The van der Waals surface area contributed by atoms with E-state index in [4.69, 9.17) is 11.6 Å². The van der Waals surface area contributed by atoms with Crippen molar-refractivity contribution < 1.29 is 8.78 Å². The molecule has 0 radical (unpaired) electrons. The predicted molar refractivity (Wildman–Crippen MR) is 146 cm³/mol. The standard InChI is InChI=1S/C33H19ClF2/c34-22-15-17-24-23-16-14-21(18-29(23)33(35,36)30(24)19-22)32-27-12-6-4-10-25(27)31(20-8-2-1-3-9-20)26-11-5-7-13-28(26)32/h1-19H. The van der Waals surface area contributed by atoms with Crippen LogP contribution in [0.5, 0.6) is 0 Å². The van der Waals surface area contributed by atoms with E-state index in [0.717, 1.165) is 43.8 Å². The van der Waals surface area contributed by atoms with Crippen molar-refractivity contribution in [3.05, 3.63) is 131 Å². The zero-order valence-electron chi connectivity index (χ0n) is 19.1. The summed E-state index contributed by atoms with van der Waals surface area (Å²) in [6.07, 6.45) is 0. The predicted octanol–water partition coefficient (Wildman–Crippen LogP) is 10.1. The average molecular weight is 489 g/mol. The van der Waals surface area contributed by atoms with Crippen molar-refractivity contribution in [2.45, 2.75) is 5.92 Å². The van der Waals surface area contributed by atoms with E-state index in [1.165, 1.54) is 6.07 Å². The Hall–Kier alpha value is -4.01. The minimum absolute atomic E-state index is 0.0255. The van der Waals surface area contributed by atoms with E-state index in [1.54, 1.807) is 18.2 Å². The molecule has 3 heteroatoms. The molecule has 1 aliphatic carbocycles. The molecule has 0 unspecified atom stereocenters. The Bertz CT molecular complexity index is 1760. The van der Waals surface area contributed by atoms with Crippen LogP contribution in [0.1, 0.15) is 11.1 Å². The summed E-state index contributed by atoms with van der Waals surface area (Å²) in [5, 5.41) is 4.59. The molecule has 0 amide bonds. The smallest absolute Gasteiger partial charge is 0.196 e. The molecule has 0 aliphatic heterocycles. The Morgan fingerprint density at radius 3 is 1.53 bits per heavy atom. The van der Waals surface area contributed by atoms with Gasteiger partial charge in [0.15, 0.2) is 0 Å². The van der Waals surface area contributed by atoms with Gasteiger partial charge in [-0.05, 0) is 73.1 Å². The number of fused-ring (bicyclic) bond motifs is 5. The fourth-order valence-electron chi connectivity index (χ4n) is 5.71. The van der Waals surface area contributed by atoms with Gasteiger partial charge in [0.25, 0.3) is 5.92 Å². The fraction of sp³-hybridized carbons (Fsp3) is 0.0303. The number of alkyl halides is 2. The molecule has 0 fully saturated rings. The molecule has 0 saturated heterocycles. The molecular formula is C33H19ClF2. The quantitative estimate of drug-likeness (QED) is 0.213. The topological polar surface area (TPSA) is 0 Å². The minimum Gasteiger partial charge on any atom is -0.196 e. The van der Waals surface area contributed by atoms with Crippen molar-refractivity contribution in [2.75, 3.05) is 0 Å². The molecule has 0 saturated carbocycles. The largest absolute Gasteiger partial charge is 0.299 e. The first-order valence-electron chi connectivity index (χ1n) is 11.9. The van der Waals surface area contributed by atoms with Gasteiger partial charge in [0.2, 0.25) is 0 Å². The highest BCUT2D eigenvalue weighted by atomic mass is 35.5. The lowest BCUT2D eigenvalue weighted by molar-refractivity contribution is 0.0480. The molecule has 172 valence electrons. The van der Waals surface area contributed by atoms with Gasteiger partial charge in [-0.25, -0.2) is 0 Å². The zero-order valence-corrected chi connectivity index (χ0v) is 19.9. The highest BCUT2D eigenvalue weighted by Crippen LogP contribution is 2.53. The molecule has 7 rings (SSSR count).